The number of nitrogens with zero attached hydrogens (tertiary/aromatic N) is 2. The molecule has 0 aliphatic rings. The third kappa shape index (κ3) is 7.31. The zero-order valence-corrected chi connectivity index (χ0v) is 19.0. The van der Waals surface area contributed by atoms with E-state index in [1.165, 1.54) is 45.9 Å². The molecule has 0 saturated carbocycles. The second-order valence-corrected chi connectivity index (χ2v) is 9.38. The molecule has 0 heterocycles. The summed E-state index contributed by atoms with van der Waals surface area (Å²) >= 11 is 11.1. The van der Waals surface area contributed by atoms with Gasteiger partial charge >= 0.3 is 0 Å². The summed E-state index contributed by atoms with van der Waals surface area (Å²) < 4.78 is 28.2. The summed E-state index contributed by atoms with van der Waals surface area (Å²) in [5, 5.41) is 0. The van der Waals surface area contributed by atoms with Gasteiger partial charge in [-0.2, -0.15) is 0 Å². The zero-order chi connectivity index (χ0) is 20.5. The summed E-state index contributed by atoms with van der Waals surface area (Å²) in [6.45, 7) is 6.56. The fourth-order valence-corrected chi connectivity index (χ4v) is 5.30. The Morgan fingerprint density at radius 3 is 1.50 bits per heavy atom. The van der Waals surface area contributed by atoms with Gasteiger partial charge in [-0.3, -0.25) is 0 Å². The molecule has 0 aliphatic heterocycles. The van der Waals surface area contributed by atoms with Gasteiger partial charge in [-0.25, -0.2) is 8.78 Å². The van der Waals surface area contributed by atoms with Crippen molar-refractivity contribution in [1.82, 2.24) is 9.80 Å². The number of hydrogen-bond acceptors (Lipinski definition) is 4. The lowest BCUT2D eigenvalue weighted by molar-refractivity contribution is 0.449. The van der Waals surface area contributed by atoms with Gasteiger partial charge in [0.1, 0.15) is 20.3 Å². The van der Waals surface area contributed by atoms with Crippen molar-refractivity contribution in [2.75, 3.05) is 13.1 Å². The maximum atomic E-state index is 13.4. The van der Waals surface area contributed by atoms with E-state index in [2.05, 4.69) is 0 Å². The second kappa shape index (κ2) is 11.7. The standard InChI is InChI=1S/C20H22F2N2S4/c1-3-23(13-15-7-5-9-17(21)11-15)19(25)27-28-20(26)24(4-2)14-16-8-6-10-18(22)12-16/h5-12H,3-4,13-14H2,1-2H3. The first-order chi connectivity index (χ1) is 13.4. The SMILES string of the molecule is CCN(Cc1cccc(F)c1)C(=S)SSC(=S)N(CC)Cc1cccc(F)c1. The van der Waals surface area contributed by atoms with Gasteiger partial charge in [-0.1, -0.05) is 48.7 Å². The van der Waals surface area contributed by atoms with Gasteiger partial charge in [0.2, 0.25) is 0 Å². The van der Waals surface area contributed by atoms with Crippen molar-refractivity contribution >= 4 is 54.7 Å². The molecule has 0 bridgehead atoms. The van der Waals surface area contributed by atoms with E-state index in [-0.39, 0.29) is 11.6 Å². The third-order valence-electron chi connectivity index (χ3n) is 3.99. The first kappa shape index (κ1) is 23.1. The molecule has 0 N–H and O–H groups in total. The fraction of sp³-hybridized carbons (Fsp3) is 0.300. The maximum absolute atomic E-state index is 13.4. The molecule has 0 unspecified atom stereocenters. The molecule has 2 rings (SSSR count). The highest BCUT2D eigenvalue weighted by Crippen LogP contribution is 2.29. The average molecular weight is 457 g/mol. The van der Waals surface area contributed by atoms with Crippen molar-refractivity contribution in [3.63, 3.8) is 0 Å². The summed E-state index contributed by atoms with van der Waals surface area (Å²) in [7, 11) is 2.84. The molecule has 0 amide bonds. The molecule has 0 aromatic heterocycles. The molecule has 2 aromatic carbocycles. The highest BCUT2D eigenvalue weighted by Gasteiger charge is 2.15. The van der Waals surface area contributed by atoms with Crippen LogP contribution in [-0.2, 0) is 13.1 Å². The number of hydrogen-bond donors (Lipinski definition) is 0. The average Bonchev–Trinajstić information content (AvgIpc) is 2.68. The second-order valence-electron chi connectivity index (χ2n) is 5.99. The van der Waals surface area contributed by atoms with Crippen LogP contribution in [0.25, 0.3) is 0 Å². The predicted molar refractivity (Wildman–Crippen MR) is 125 cm³/mol. The van der Waals surface area contributed by atoms with Crippen LogP contribution in [-0.4, -0.2) is 31.5 Å². The molecule has 0 spiro atoms. The molecule has 0 saturated heterocycles. The lowest BCUT2D eigenvalue weighted by Crippen LogP contribution is -2.28. The van der Waals surface area contributed by atoms with Gasteiger partial charge in [0, 0.05) is 26.2 Å². The van der Waals surface area contributed by atoms with Crippen molar-refractivity contribution < 1.29 is 8.78 Å². The smallest absolute Gasteiger partial charge is 0.147 e. The number of thiocarbonyl (C=S) groups is 2. The molecule has 8 heteroatoms. The molecule has 28 heavy (non-hydrogen) atoms. The number of rotatable bonds is 6. The molecule has 2 aromatic rings. The highest BCUT2D eigenvalue weighted by atomic mass is 33.1. The molecule has 0 atom stereocenters. The lowest BCUT2D eigenvalue weighted by atomic mass is 10.2. The Hall–Kier alpha value is -1.22. The van der Waals surface area contributed by atoms with Crippen molar-refractivity contribution in [3.8, 4) is 0 Å². The Kier molecular flexibility index (Phi) is 9.64. The molecule has 0 fully saturated rings. The Morgan fingerprint density at radius 1 is 0.786 bits per heavy atom. The summed E-state index contributed by atoms with van der Waals surface area (Å²) in [5.74, 6) is -0.503. The first-order valence-corrected chi connectivity index (χ1v) is 11.8. The summed E-state index contributed by atoms with van der Waals surface area (Å²) in [4.78, 5) is 4.01. The molecule has 2 nitrogen and oxygen atoms in total. The highest BCUT2D eigenvalue weighted by molar-refractivity contribution is 8.89. The van der Waals surface area contributed by atoms with Crippen molar-refractivity contribution in [3.05, 3.63) is 71.3 Å². The molecular formula is C20H22F2N2S4. The van der Waals surface area contributed by atoms with E-state index in [1.54, 1.807) is 12.1 Å². The van der Waals surface area contributed by atoms with E-state index >= 15 is 0 Å². The normalized spacial score (nSPS) is 10.6. The van der Waals surface area contributed by atoms with Gasteiger partial charge in [-0.15, -0.1) is 0 Å². The van der Waals surface area contributed by atoms with Crippen LogP contribution in [0.3, 0.4) is 0 Å². The largest absolute Gasteiger partial charge is 0.353 e. The van der Waals surface area contributed by atoms with Crippen molar-refractivity contribution in [2.24, 2.45) is 0 Å². The van der Waals surface area contributed by atoms with E-state index in [0.717, 1.165) is 24.2 Å². The number of benzene rings is 2. The van der Waals surface area contributed by atoms with Gasteiger partial charge in [0.15, 0.2) is 0 Å². The van der Waals surface area contributed by atoms with E-state index in [9.17, 15) is 8.78 Å². The maximum Gasteiger partial charge on any atom is 0.147 e. The zero-order valence-electron chi connectivity index (χ0n) is 15.7. The van der Waals surface area contributed by atoms with Crippen LogP contribution in [0.4, 0.5) is 8.78 Å². The van der Waals surface area contributed by atoms with Crippen molar-refractivity contribution in [2.45, 2.75) is 26.9 Å². The van der Waals surface area contributed by atoms with Crippen LogP contribution < -0.4 is 0 Å². The summed E-state index contributed by atoms with van der Waals surface area (Å²) in [6, 6.07) is 13.1. The minimum absolute atomic E-state index is 0.251. The van der Waals surface area contributed by atoms with E-state index in [0.29, 0.717) is 21.7 Å². The van der Waals surface area contributed by atoms with E-state index in [1.807, 2.05) is 35.8 Å². The van der Waals surface area contributed by atoms with E-state index < -0.39 is 0 Å². The summed E-state index contributed by atoms with van der Waals surface area (Å²) in [5.41, 5.74) is 1.75. The Morgan fingerprint density at radius 2 is 1.18 bits per heavy atom. The number of halogens is 2. The Balaban J connectivity index is 1.90. The van der Waals surface area contributed by atoms with Crippen LogP contribution in [0.1, 0.15) is 25.0 Å². The van der Waals surface area contributed by atoms with Gasteiger partial charge < -0.3 is 9.80 Å². The molecule has 0 aliphatic carbocycles. The molecular weight excluding hydrogens is 434 g/mol. The monoisotopic (exact) mass is 456 g/mol. The Labute approximate surface area is 184 Å². The van der Waals surface area contributed by atoms with Gasteiger partial charge in [-0.05, 0) is 70.8 Å². The van der Waals surface area contributed by atoms with Crippen LogP contribution in [0.5, 0.6) is 0 Å². The minimum Gasteiger partial charge on any atom is -0.353 e. The summed E-state index contributed by atoms with van der Waals surface area (Å²) in [6.07, 6.45) is 0. The van der Waals surface area contributed by atoms with Crippen LogP contribution in [0, 0.1) is 11.6 Å². The van der Waals surface area contributed by atoms with Gasteiger partial charge in [0.25, 0.3) is 0 Å². The third-order valence-corrected chi connectivity index (χ3v) is 7.72. The van der Waals surface area contributed by atoms with Crippen molar-refractivity contribution in [1.29, 1.82) is 0 Å². The van der Waals surface area contributed by atoms with Crippen LogP contribution >= 0.6 is 46.0 Å². The minimum atomic E-state index is -0.251. The predicted octanol–water partition coefficient (Wildman–Crippen LogP) is 6.26. The van der Waals surface area contributed by atoms with E-state index in [4.69, 9.17) is 24.4 Å². The van der Waals surface area contributed by atoms with Crippen LogP contribution in [0.2, 0.25) is 0 Å². The lowest BCUT2D eigenvalue weighted by Gasteiger charge is -2.25. The molecule has 150 valence electrons. The first-order valence-electron chi connectivity index (χ1n) is 8.84. The Bertz CT molecular complexity index is 749. The van der Waals surface area contributed by atoms with Crippen LogP contribution in [0.15, 0.2) is 48.5 Å². The molecule has 0 radical (unpaired) electrons. The van der Waals surface area contributed by atoms with Gasteiger partial charge in [0.05, 0.1) is 0 Å². The topological polar surface area (TPSA) is 6.48 Å². The quantitative estimate of drug-likeness (QED) is 0.371. The fourth-order valence-electron chi connectivity index (χ4n) is 2.50.